The summed E-state index contributed by atoms with van der Waals surface area (Å²) in [5.74, 6) is -0.153. The van der Waals surface area contributed by atoms with E-state index in [0.717, 1.165) is 25.8 Å². The molecule has 0 aliphatic heterocycles. The molecule has 0 aromatic rings. The number of rotatable bonds is 16. The number of carbonyl (C=O) groups excluding carboxylic acids is 1. The van der Waals surface area contributed by atoms with Gasteiger partial charge in [0.15, 0.2) is 0 Å². The second-order valence-corrected chi connectivity index (χ2v) is 7.04. The molecule has 0 aliphatic rings. The van der Waals surface area contributed by atoms with E-state index in [0.29, 0.717) is 13.0 Å². The topological polar surface area (TPSA) is 47.8 Å². The van der Waals surface area contributed by atoms with Crippen molar-refractivity contribution in [2.75, 3.05) is 27.2 Å². The van der Waals surface area contributed by atoms with Crippen molar-refractivity contribution in [2.45, 2.75) is 90.4 Å². The number of nitrogens with one attached hydrogen (secondary N) is 1. The summed E-state index contributed by atoms with van der Waals surface area (Å²) in [6, 6.07) is 0. The van der Waals surface area contributed by atoms with Crippen molar-refractivity contribution in [3.63, 3.8) is 0 Å². The third-order valence-electron chi connectivity index (χ3n) is 4.33. The Hall–Kier alpha value is -0.450. The lowest BCUT2D eigenvalue weighted by Crippen LogP contribution is -3.10. The van der Waals surface area contributed by atoms with Gasteiger partial charge in [-0.2, -0.15) is 0 Å². The van der Waals surface area contributed by atoms with Crippen LogP contribution < -0.4 is 5.06 Å². The molecule has 0 spiro atoms. The Morgan fingerprint density at radius 2 is 1.30 bits per heavy atom. The zero-order valence-electron chi connectivity index (χ0n) is 15.9. The first-order valence-corrected chi connectivity index (χ1v) is 9.78. The van der Waals surface area contributed by atoms with Gasteiger partial charge in [-0.25, -0.2) is 4.79 Å². The highest BCUT2D eigenvalue weighted by atomic mass is 16.5. The minimum Gasteiger partial charge on any atom is -0.627 e. The number of hydrogen-bond acceptors (Lipinski definition) is 3. The van der Waals surface area contributed by atoms with E-state index in [4.69, 9.17) is 0 Å². The predicted molar refractivity (Wildman–Crippen MR) is 98.5 cm³/mol. The van der Waals surface area contributed by atoms with Crippen LogP contribution in [-0.2, 0) is 4.79 Å². The molecule has 0 fully saturated rings. The fourth-order valence-corrected chi connectivity index (χ4v) is 2.78. The van der Waals surface area contributed by atoms with E-state index in [9.17, 15) is 10.0 Å². The molecule has 0 aromatic heterocycles. The largest absolute Gasteiger partial charge is 0.627 e. The lowest BCUT2D eigenvalue weighted by molar-refractivity contribution is -0.765. The fourth-order valence-electron chi connectivity index (χ4n) is 2.78. The molecule has 0 aliphatic carbocycles. The van der Waals surface area contributed by atoms with Crippen LogP contribution in [0.2, 0.25) is 0 Å². The van der Waals surface area contributed by atoms with Crippen molar-refractivity contribution < 1.29 is 9.86 Å². The lowest BCUT2D eigenvalue weighted by Gasteiger charge is -2.20. The Morgan fingerprint density at radius 1 is 0.826 bits per heavy atom. The van der Waals surface area contributed by atoms with Crippen LogP contribution in [0.15, 0.2) is 0 Å². The van der Waals surface area contributed by atoms with Crippen LogP contribution in [0.3, 0.4) is 0 Å². The van der Waals surface area contributed by atoms with Crippen LogP contribution in [0.4, 0.5) is 0 Å². The molecule has 0 rings (SSSR count). The summed E-state index contributed by atoms with van der Waals surface area (Å²) in [5.41, 5.74) is 0. The minimum atomic E-state index is -0.168. The zero-order chi connectivity index (χ0) is 17.3. The average Bonchev–Trinajstić information content (AvgIpc) is 2.51. The van der Waals surface area contributed by atoms with Crippen molar-refractivity contribution >= 4 is 5.91 Å². The Bertz CT molecular complexity index is 270. The van der Waals surface area contributed by atoms with E-state index >= 15 is 0 Å². The van der Waals surface area contributed by atoms with E-state index in [1.54, 1.807) is 0 Å². The van der Waals surface area contributed by atoms with Crippen molar-refractivity contribution in [3.05, 3.63) is 5.21 Å². The second kappa shape index (κ2) is 16.4. The van der Waals surface area contributed by atoms with Crippen molar-refractivity contribution in [2.24, 2.45) is 0 Å². The SMILES string of the molecule is CCCCCCCCCCCCCC(=O)[NH+]([O-])CCCN(C)C. The Kier molecular flexibility index (Phi) is 16.1. The van der Waals surface area contributed by atoms with Gasteiger partial charge < -0.3 is 15.2 Å². The monoisotopic (exact) mass is 328 g/mol. The molecule has 0 saturated carbocycles. The van der Waals surface area contributed by atoms with Gasteiger partial charge in [-0.3, -0.25) is 0 Å². The maximum Gasteiger partial charge on any atom is 0.312 e. The molecular formula is C19H40N2O2. The number of amides is 1. The van der Waals surface area contributed by atoms with E-state index in [1.807, 2.05) is 19.0 Å². The first-order chi connectivity index (χ1) is 11.1. The first-order valence-electron chi connectivity index (χ1n) is 9.78. The van der Waals surface area contributed by atoms with Gasteiger partial charge >= 0.3 is 5.91 Å². The Labute approximate surface area is 144 Å². The minimum absolute atomic E-state index is 0.153. The average molecular weight is 329 g/mol. The molecule has 1 N–H and O–H groups in total. The molecule has 4 heteroatoms. The van der Waals surface area contributed by atoms with Crippen LogP contribution in [0.25, 0.3) is 0 Å². The summed E-state index contributed by atoms with van der Waals surface area (Å²) in [6.45, 7) is 3.54. The molecule has 23 heavy (non-hydrogen) atoms. The summed E-state index contributed by atoms with van der Waals surface area (Å²) in [6.07, 6.45) is 15.2. The highest BCUT2D eigenvalue weighted by Gasteiger charge is 2.10. The normalized spacial score (nSPS) is 12.7. The number of hydroxylamine groups is 2. The van der Waals surface area contributed by atoms with Crippen LogP contribution in [-0.4, -0.2) is 38.0 Å². The third-order valence-corrected chi connectivity index (χ3v) is 4.33. The highest BCUT2D eigenvalue weighted by molar-refractivity contribution is 5.66. The molecule has 4 nitrogen and oxygen atoms in total. The number of unbranched alkanes of at least 4 members (excludes halogenated alkanes) is 10. The number of carbonyl (C=O) groups is 1. The lowest BCUT2D eigenvalue weighted by atomic mass is 10.1. The van der Waals surface area contributed by atoms with Gasteiger partial charge in [-0.05, 0) is 20.5 Å². The first kappa shape index (κ1) is 22.6. The predicted octanol–water partition coefficient (Wildman–Crippen LogP) is 3.55. The van der Waals surface area contributed by atoms with Crippen molar-refractivity contribution in [1.82, 2.24) is 4.90 Å². The van der Waals surface area contributed by atoms with Crippen molar-refractivity contribution in [3.8, 4) is 0 Å². The fraction of sp³-hybridized carbons (Fsp3) is 0.947. The van der Waals surface area contributed by atoms with Gasteiger partial charge in [0.05, 0.1) is 13.0 Å². The molecule has 138 valence electrons. The number of quaternary nitrogens is 1. The van der Waals surface area contributed by atoms with E-state index < -0.39 is 0 Å². The van der Waals surface area contributed by atoms with Crippen LogP contribution in [0.1, 0.15) is 90.4 Å². The quantitative estimate of drug-likeness (QED) is 0.348. The molecule has 0 saturated heterocycles. The van der Waals surface area contributed by atoms with E-state index in [-0.39, 0.29) is 11.0 Å². The molecule has 0 bridgehead atoms. The standard InChI is InChI=1S/C19H40N2O2/c1-4-5-6-7-8-9-10-11-12-13-14-16-19(22)21(23)18-15-17-20(2)3/h21H,4-18H2,1-3H3. The summed E-state index contributed by atoms with van der Waals surface area (Å²) in [7, 11) is 3.97. The molecule has 0 heterocycles. The van der Waals surface area contributed by atoms with E-state index in [1.165, 1.54) is 57.8 Å². The number of hydrogen-bond donors (Lipinski definition) is 1. The Balaban J connectivity index is 3.31. The molecular weight excluding hydrogens is 288 g/mol. The number of nitrogens with zero attached hydrogens (tertiary/aromatic N) is 1. The molecule has 1 amide bonds. The maximum absolute atomic E-state index is 11.7. The summed E-state index contributed by atoms with van der Waals surface area (Å²) in [4.78, 5) is 13.8. The summed E-state index contributed by atoms with van der Waals surface area (Å²) < 4.78 is 0. The molecule has 1 atom stereocenters. The van der Waals surface area contributed by atoms with Gasteiger partial charge in [0.2, 0.25) is 0 Å². The second-order valence-electron chi connectivity index (χ2n) is 7.04. The van der Waals surface area contributed by atoms with Gasteiger partial charge in [-0.15, -0.1) is 0 Å². The van der Waals surface area contributed by atoms with Crippen LogP contribution in [0, 0.1) is 5.21 Å². The van der Waals surface area contributed by atoms with Gasteiger partial charge in [-0.1, -0.05) is 71.1 Å². The van der Waals surface area contributed by atoms with Gasteiger partial charge in [0.25, 0.3) is 0 Å². The smallest absolute Gasteiger partial charge is 0.312 e. The summed E-state index contributed by atoms with van der Waals surface area (Å²) in [5, 5.41) is 11.5. The molecule has 0 aromatic carbocycles. The van der Waals surface area contributed by atoms with Crippen molar-refractivity contribution in [1.29, 1.82) is 0 Å². The van der Waals surface area contributed by atoms with Gasteiger partial charge in [0, 0.05) is 13.0 Å². The Morgan fingerprint density at radius 3 is 1.78 bits per heavy atom. The summed E-state index contributed by atoms with van der Waals surface area (Å²) >= 11 is 0. The zero-order valence-corrected chi connectivity index (χ0v) is 15.9. The van der Waals surface area contributed by atoms with E-state index in [2.05, 4.69) is 6.92 Å². The third kappa shape index (κ3) is 16.2. The maximum atomic E-state index is 11.7. The molecule has 1 unspecified atom stereocenters. The van der Waals surface area contributed by atoms with Crippen LogP contribution >= 0.6 is 0 Å². The molecule has 0 radical (unpaired) electrons. The van der Waals surface area contributed by atoms with Crippen LogP contribution in [0.5, 0.6) is 0 Å². The highest BCUT2D eigenvalue weighted by Crippen LogP contribution is 2.11. The van der Waals surface area contributed by atoms with Gasteiger partial charge in [0.1, 0.15) is 0 Å².